The van der Waals surface area contributed by atoms with Crippen LogP contribution in [0.5, 0.6) is 0 Å². The van der Waals surface area contributed by atoms with Crippen LogP contribution in [0, 0.1) is 0 Å². The zero-order valence-electron chi connectivity index (χ0n) is 6.05. The van der Waals surface area contributed by atoms with Crippen molar-refractivity contribution in [2.45, 2.75) is 13.3 Å². The molecule has 0 rings (SSSR count). The fraction of sp³-hybridized carbons (Fsp3) is 1.00. The molecule has 0 aromatic rings. The maximum atomic E-state index is 2.20. The van der Waals surface area contributed by atoms with E-state index in [-0.39, 0.29) is 0 Å². The minimum absolute atomic E-state index is 1.24. The fourth-order valence-electron chi connectivity index (χ4n) is 0.404. The van der Waals surface area contributed by atoms with Crippen LogP contribution >= 0.6 is 33.3 Å². The SMILES string of the molecule is CCSSCCCSC. The van der Waals surface area contributed by atoms with E-state index in [0.29, 0.717) is 0 Å². The Kier molecular flexibility index (Phi) is 10.1. The van der Waals surface area contributed by atoms with Gasteiger partial charge in [0.05, 0.1) is 0 Å². The first-order valence-electron chi connectivity index (χ1n) is 3.15. The Morgan fingerprint density at radius 3 is 2.44 bits per heavy atom. The summed E-state index contributed by atoms with van der Waals surface area (Å²) in [5.74, 6) is 3.88. The molecule has 3 heteroatoms. The van der Waals surface area contributed by atoms with Gasteiger partial charge in [-0.3, -0.25) is 0 Å². The lowest BCUT2D eigenvalue weighted by Crippen LogP contribution is -1.79. The van der Waals surface area contributed by atoms with Gasteiger partial charge in [0.1, 0.15) is 0 Å². The van der Waals surface area contributed by atoms with Gasteiger partial charge in [-0.15, -0.1) is 0 Å². The van der Waals surface area contributed by atoms with E-state index in [1.165, 1.54) is 23.7 Å². The van der Waals surface area contributed by atoms with Gasteiger partial charge >= 0.3 is 0 Å². The molecule has 0 fully saturated rings. The van der Waals surface area contributed by atoms with Crippen LogP contribution in [0.25, 0.3) is 0 Å². The van der Waals surface area contributed by atoms with Gasteiger partial charge in [0.15, 0.2) is 0 Å². The Labute approximate surface area is 70.3 Å². The van der Waals surface area contributed by atoms with Crippen LogP contribution in [0.1, 0.15) is 13.3 Å². The highest BCUT2D eigenvalue weighted by Crippen LogP contribution is 2.21. The largest absolute Gasteiger partial charge is 0.165 e. The molecular weight excluding hydrogens is 168 g/mol. The summed E-state index contributed by atoms with van der Waals surface area (Å²) in [6.45, 7) is 2.20. The highest BCUT2D eigenvalue weighted by molar-refractivity contribution is 8.76. The highest BCUT2D eigenvalue weighted by Gasteiger charge is 1.86. The van der Waals surface area contributed by atoms with Crippen LogP contribution in [-0.4, -0.2) is 23.5 Å². The van der Waals surface area contributed by atoms with E-state index in [4.69, 9.17) is 0 Å². The van der Waals surface area contributed by atoms with Crippen LogP contribution in [-0.2, 0) is 0 Å². The monoisotopic (exact) mass is 182 g/mol. The first-order chi connectivity index (χ1) is 4.41. The number of rotatable bonds is 6. The lowest BCUT2D eigenvalue weighted by Gasteiger charge is -1.95. The average Bonchev–Trinajstić information content (AvgIpc) is 1.89. The second-order valence-electron chi connectivity index (χ2n) is 1.57. The fourth-order valence-corrected chi connectivity index (χ4v) is 2.77. The van der Waals surface area contributed by atoms with E-state index >= 15 is 0 Å². The van der Waals surface area contributed by atoms with Crippen LogP contribution in [0.2, 0.25) is 0 Å². The van der Waals surface area contributed by atoms with Gasteiger partial charge in [0.2, 0.25) is 0 Å². The average molecular weight is 182 g/mol. The van der Waals surface area contributed by atoms with Crippen LogP contribution in [0.15, 0.2) is 0 Å². The van der Waals surface area contributed by atoms with Crippen molar-refractivity contribution in [3.63, 3.8) is 0 Å². The Bertz CT molecular complexity index is 41.6. The summed E-state index contributed by atoms with van der Waals surface area (Å²) < 4.78 is 0. The van der Waals surface area contributed by atoms with Crippen molar-refractivity contribution in [3.8, 4) is 0 Å². The van der Waals surface area contributed by atoms with Gasteiger partial charge in [0, 0.05) is 11.5 Å². The predicted octanol–water partition coefficient (Wildman–Crippen LogP) is 3.14. The maximum absolute atomic E-state index is 2.20. The number of hydrogen-bond donors (Lipinski definition) is 0. The van der Waals surface area contributed by atoms with E-state index in [1.54, 1.807) is 0 Å². The van der Waals surface area contributed by atoms with Gasteiger partial charge in [0.25, 0.3) is 0 Å². The van der Waals surface area contributed by atoms with Crippen LogP contribution in [0.4, 0.5) is 0 Å². The molecule has 0 saturated heterocycles. The molecule has 0 aliphatic heterocycles. The van der Waals surface area contributed by atoms with E-state index < -0.39 is 0 Å². The van der Waals surface area contributed by atoms with Gasteiger partial charge in [-0.2, -0.15) is 11.8 Å². The maximum Gasteiger partial charge on any atom is 0.00447 e. The number of hydrogen-bond acceptors (Lipinski definition) is 3. The zero-order valence-corrected chi connectivity index (χ0v) is 8.50. The summed E-state index contributed by atoms with van der Waals surface area (Å²) in [6, 6.07) is 0. The van der Waals surface area contributed by atoms with Crippen molar-refractivity contribution >= 4 is 33.3 Å². The Hall–Kier alpha value is 1.05. The third kappa shape index (κ3) is 9.05. The van der Waals surface area contributed by atoms with Gasteiger partial charge in [-0.1, -0.05) is 28.5 Å². The highest BCUT2D eigenvalue weighted by atomic mass is 33.1. The first kappa shape index (κ1) is 10.0. The minimum atomic E-state index is 1.24. The van der Waals surface area contributed by atoms with Crippen LogP contribution in [0.3, 0.4) is 0 Å². The molecule has 0 heterocycles. The molecular formula is C6H14S3. The molecule has 0 unspecified atom stereocenters. The summed E-state index contributed by atoms with van der Waals surface area (Å²) in [6.07, 6.45) is 3.52. The van der Waals surface area contributed by atoms with E-state index in [1.807, 2.05) is 33.3 Å². The summed E-state index contributed by atoms with van der Waals surface area (Å²) in [4.78, 5) is 0. The summed E-state index contributed by atoms with van der Waals surface area (Å²) in [5, 5.41) is 0. The lowest BCUT2D eigenvalue weighted by molar-refractivity contribution is 1.13. The van der Waals surface area contributed by atoms with Gasteiger partial charge < -0.3 is 0 Å². The predicted molar refractivity (Wildman–Crippen MR) is 53.6 cm³/mol. The van der Waals surface area contributed by atoms with Crippen molar-refractivity contribution < 1.29 is 0 Å². The molecule has 56 valence electrons. The van der Waals surface area contributed by atoms with Crippen molar-refractivity contribution in [3.05, 3.63) is 0 Å². The minimum Gasteiger partial charge on any atom is -0.165 e. The van der Waals surface area contributed by atoms with Crippen LogP contribution < -0.4 is 0 Å². The molecule has 0 aromatic carbocycles. The third-order valence-corrected chi connectivity index (χ3v) is 4.04. The molecule has 0 radical (unpaired) electrons. The second-order valence-corrected chi connectivity index (χ2v) is 5.43. The summed E-state index contributed by atoms with van der Waals surface area (Å²) in [7, 11) is 3.96. The zero-order chi connectivity index (χ0) is 6.95. The van der Waals surface area contributed by atoms with Gasteiger partial charge in [-0.25, -0.2) is 0 Å². The molecule has 0 spiro atoms. The molecule has 9 heavy (non-hydrogen) atoms. The smallest absolute Gasteiger partial charge is 0.00447 e. The van der Waals surface area contributed by atoms with Crippen molar-refractivity contribution in [2.24, 2.45) is 0 Å². The van der Waals surface area contributed by atoms with E-state index in [0.717, 1.165) is 0 Å². The molecule has 0 bridgehead atoms. The van der Waals surface area contributed by atoms with E-state index in [2.05, 4.69) is 13.2 Å². The Morgan fingerprint density at radius 2 is 1.89 bits per heavy atom. The Balaban J connectivity index is 2.60. The van der Waals surface area contributed by atoms with Crippen molar-refractivity contribution in [2.75, 3.05) is 23.5 Å². The quantitative estimate of drug-likeness (QED) is 0.457. The second kappa shape index (κ2) is 9.05. The molecule has 0 saturated carbocycles. The van der Waals surface area contributed by atoms with E-state index in [9.17, 15) is 0 Å². The third-order valence-electron chi connectivity index (χ3n) is 0.777. The number of thioether (sulfide) groups is 1. The normalized spacial score (nSPS) is 10.0. The van der Waals surface area contributed by atoms with Crippen molar-refractivity contribution in [1.82, 2.24) is 0 Å². The molecule has 0 atom stereocenters. The summed E-state index contributed by atoms with van der Waals surface area (Å²) in [5.41, 5.74) is 0. The van der Waals surface area contributed by atoms with Gasteiger partial charge in [-0.05, 0) is 18.4 Å². The molecule has 0 aromatic heterocycles. The molecule has 0 N–H and O–H groups in total. The standard InChI is InChI=1S/C6H14S3/c1-3-8-9-6-4-5-7-2/h3-6H2,1-2H3. The Morgan fingerprint density at radius 1 is 1.11 bits per heavy atom. The molecule has 0 aliphatic rings. The molecule has 0 nitrogen and oxygen atoms in total. The summed E-state index contributed by atoms with van der Waals surface area (Å²) >= 11 is 1.94. The van der Waals surface area contributed by atoms with Crippen molar-refractivity contribution in [1.29, 1.82) is 0 Å². The molecule has 0 aliphatic carbocycles. The molecule has 0 amide bonds. The first-order valence-corrected chi connectivity index (χ1v) is 7.03. The topological polar surface area (TPSA) is 0 Å². The lowest BCUT2D eigenvalue weighted by atomic mass is 10.6.